The number of alkyl halides is 1. The summed E-state index contributed by atoms with van der Waals surface area (Å²) in [7, 11) is 0. The van der Waals surface area contributed by atoms with Gasteiger partial charge in [-0.25, -0.2) is 0 Å². The Morgan fingerprint density at radius 1 is 1.31 bits per heavy atom. The molecule has 0 atom stereocenters. The Labute approximate surface area is 87.3 Å². The average Bonchev–Trinajstić information content (AvgIpc) is 2.10. The van der Waals surface area contributed by atoms with Gasteiger partial charge in [-0.3, -0.25) is 4.79 Å². The van der Waals surface area contributed by atoms with Gasteiger partial charge in [0.05, 0.1) is 0 Å². The summed E-state index contributed by atoms with van der Waals surface area (Å²) < 4.78 is 0. The maximum absolute atomic E-state index is 11.5. The van der Waals surface area contributed by atoms with Crippen molar-refractivity contribution < 1.29 is 4.79 Å². The Morgan fingerprint density at radius 2 is 2.00 bits per heavy atom. The first-order chi connectivity index (χ1) is 6.15. The van der Waals surface area contributed by atoms with Crippen molar-refractivity contribution in [3.63, 3.8) is 0 Å². The van der Waals surface area contributed by atoms with Gasteiger partial charge in [0, 0.05) is 17.3 Å². The third kappa shape index (κ3) is 2.66. The second-order valence-corrected chi connectivity index (χ2v) is 3.95. The highest BCUT2D eigenvalue weighted by Crippen LogP contribution is 2.11. The number of hydrogen-bond donors (Lipinski definition) is 0. The summed E-state index contributed by atoms with van der Waals surface area (Å²) >= 11 is 3.26. The van der Waals surface area contributed by atoms with Gasteiger partial charge < -0.3 is 0 Å². The minimum atomic E-state index is 0.208. The number of rotatable bonds is 3. The van der Waals surface area contributed by atoms with Gasteiger partial charge in [0.25, 0.3) is 0 Å². The van der Waals surface area contributed by atoms with Crippen LogP contribution in [0.15, 0.2) is 18.2 Å². The summed E-state index contributed by atoms with van der Waals surface area (Å²) in [6.45, 7) is 4.08. The Kier molecular flexibility index (Phi) is 3.67. The standard InChI is InChI=1S/C11H13BrO/c1-8-3-4-10(7-9(8)2)11(13)5-6-12/h3-4,7H,5-6H2,1-2H3. The third-order valence-corrected chi connectivity index (χ3v) is 2.55. The maximum atomic E-state index is 11.5. The molecule has 0 spiro atoms. The lowest BCUT2D eigenvalue weighted by molar-refractivity contribution is 0.0990. The molecule has 0 amide bonds. The van der Waals surface area contributed by atoms with E-state index in [0.717, 1.165) is 10.9 Å². The minimum Gasteiger partial charge on any atom is -0.294 e. The second-order valence-electron chi connectivity index (χ2n) is 3.16. The fourth-order valence-corrected chi connectivity index (χ4v) is 1.51. The third-order valence-electron chi connectivity index (χ3n) is 2.15. The number of aryl methyl sites for hydroxylation is 2. The van der Waals surface area contributed by atoms with E-state index in [1.807, 2.05) is 32.0 Å². The first-order valence-electron chi connectivity index (χ1n) is 4.31. The van der Waals surface area contributed by atoms with E-state index in [9.17, 15) is 4.79 Å². The fourth-order valence-electron chi connectivity index (χ4n) is 1.15. The predicted molar refractivity (Wildman–Crippen MR) is 58.7 cm³/mol. The number of halogens is 1. The van der Waals surface area contributed by atoms with Crippen LogP contribution in [-0.4, -0.2) is 11.1 Å². The van der Waals surface area contributed by atoms with Crippen molar-refractivity contribution in [2.75, 3.05) is 5.33 Å². The molecule has 1 aromatic rings. The van der Waals surface area contributed by atoms with Crippen LogP contribution in [0.4, 0.5) is 0 Å². The lowest BCUT2D eigenvalue weighted by Crippen LogP contribution is -2.00. The molecular weight excluding hydrogens is 228 g/mol. The van der Waals surface area contributed by atoms with Gasteiger partial charge in [-0.1, -0.05) is 28.1 Å². The normalized spacial score (nSPS) is 10.1. The van der Waals surface area contributed by atoms with Gasteiger partial charge in [0.2, 0.25) is 0 Å². The molecule has 0 radical (unpaired) electrons. The molecule has 70 valence electrons. The number of Topliss-reactive ketones (excluding diaryl/α,β-unsaturated/α-hetero) is 1. The molecule has 0 saturated heterocycles. The summed E-state index contributed by atoms with van der Waals surface area (Å²) in [5.41, 5.74) is 3.23. The smallest absolute Gasteiger partial charge is 0.163 e. The van der Waals surface area contributed by atoms with E-state index in [0.29, 0.717) is 6.42 Å². The molecule has 13 heavy (non-hydrogen) atoms. The zero-order valence-electron chi connectivity index (χ0n) is 7.93. The van der Waals surface area contributed by atoms with Crippen molar-refractivity contribution in [3.05, 3.63) is 34.9 Å². The zero-order chi connectivity index (χ0) is 9.84. The fraction of sp³-hybridized carbons (Fsp3) is 0.364. The number of carbonyl (C=O) groups is 1. The minimum absolute atomic E-state index is 0.208. The quantitative estimate of drug-likeness (QED) is 0.586. The van der Waals surface area contributed by atoms with Crippen molar-refractivity contribution in [1.29, 1.82) is 0 Å². The molecule has 0 aliphatic carbocycles. The molecule has 0 saturated carbocycles. The van der Waals surface area contributed by atoms with Crippen LogP contribution >= 0.6 is 15.9 Å². The lowest BCUT2D eigenvalue weighted by Gasteiger charge is -2.02. The van der Waals surface area contributed by atoms with Crippen LogP contribution in [0.3, 0.4) is 0 Å². The van der Waals surface area contributed by atoms with Crippen molar-refractivity contribution in [2.45, 2.75) is 20.3 Å². The Balaban J connectivity index is 2.90. The molecule has 0 aromatic heterocycles. The Bertz CT molecular complexity index is 318. The van der Waals surface area contributed by atoms with Crippen LogP contribution in [0.5, 0.6) is 0 Å². The highest BCUT2D eigenvalue weighted by Gasteiger charge is 2.05. The lowest BCUT2D eigenvalue weighted by atomic mass is 10.0. The van der Waals surface area contributed by atoms with Gasteiger partial charge in [-0.2, -0.15) is 0 Å². The van der Waals surface area contributed by atoms with Crippen molar-refractivity contribution in [2.24, 2.45) is 0 Å². The molecule has 0 fully saturated rings. The molecule has 0 aliphatic heterocycles. The SMILES string of the molecule is Cc1ccc(C(=O)CCBr)cc1C. The average molecular weight is 241 g/mol. The maximum Gasteiger partial charge on any atom is 0.163 e. The van der Waals surface area contributed by atoms with Crippen LogP contribution in [0.25, 0.3) is 0 Å². The van der Waals surface area contributed by atoms with Crippen molar-refractivity contribution in [3.8, 4) is 0 Å². The summed E-state index contributed by atoms with van der Waals surface area (Å²) in [6, 6.07) is 5.85. The van der Waals surface area contributed by atoms with E-state index in [2.05, 4.69) is 15.9 Å². The largest absolute Gasteiger partial charge is 0.294 e. The summed E-state index contributed by atoms with van der Waals surface area (Å²) in [6.07, 6.45) is 0.572. The van der Waals surface area contributed by atoms with Crippen molar-refractivity contribution in [1.82, 2.24) is 0 Å². The van der Waals surface area contributed by atoms with E-state index >= 15 is 0 Å². The Morgan fingerprint density at radius 3 is 2.54 bits per heavy atom. The van der Waals surface area contributed by atoms with Crippen molar-refractivity contribution >= 4 is 21.7 Å². The van der Waals surface area contributed by atoms with E-state index in [-0.39, 0.29) is 5.78 Å². The van der Waals surface area contributed by atoms with Gasteiger partial charge in [0.1, 0.15) is 0 Å². The van der Waals surface area contributed by atoms with Gasteiger partial charge in [-0.15, -0.1) is 0 Å². The molecule has 1 nitrogen and oxygen atoms in total. The summed E-state index contributed by atoms with van der Waals surface area (Å²) in [4.78, 5) is 11.5. The zero-order valence-corrected chi connectivity index (χ0v) is 9.52. The van der Waals surface area contributed by atoms with Crippen LogP contribution in [0.1, 0.15) is 27.9 Å². The molecule has 2 heteroatoms. The molecule has 0 N–H and O–H groups in total. The van der Waals surface area contributed by atoms with E-state index < -0.39 is 0 Å². The second kappa shape index (κ2) is 4.56. The van der Waals surface area contributed by atoms with Gasteiger partial charge in [0.15, 0.2) is 5.78 Å². The first-order valence-corrected chi connectivity index (χ1v) is 5.43. The summed E-state index contributed by atoms with van der Waals surface area (Å²) in [5.74, 6) is 0.208. The topological polar surface area (TPSA) is 17.1 Å². The first kappa shape index (κ1) is 10.5. The highest BCUT2D eigenvalue weighted by atomic mass is 79.9. The van der Waals surface area contributed by atoms with Gasteiger partial charge >= 0.3 is 0 Å². The van der Waals surface area contributed by atoms with E-state index in [4.69, 9.17) is 0 Å². The van der Waals surface area contributed by atoms with E-state index in [1.165, 1.54) is 11.1 Å². The molecule has 0 heterocycles. The number of carbonyl (C=O) groups excluding carboxylic acids is 1. The number of hydrogen-bond acceptors (Lipinski definition) is 1. The monoisotopic (exact) mass is 240 g/mol. The van der Waals surface area contributed by atoms with Crippen LogP contribution in [0.2, 0.25) is 0 Å². The molecule has 0 bridgehead atoms. The van der Waals surface area contributed by atoms with Gasteiger partial charge in [-0.05, 0) is 31.0 Å². The Hall–Kier alpha value is -0.630. The molecule has 0 unspecified atom stereocenters. The van der Waals surface area contributed by atoms with Crippen LogP contribution in [-0.2, 0) is 0 Å². The van der Waals surface area contributed by atoms with Crippen LogP contribution < -0.4 is 0 Å². The highest BCUT2D eigenvalue weighted by molar-refractivity contribution is 9.09. The molecule has 1 rings (SSSR count). The molecular formula is C11H13BrO. The van der Waals surface area contributed by atoms with E-state index in [1.54, 1.807) is 0 Å². The molecule has 0 aliphatic rings. The number of benzene rings is 1. The number of ketones is 1. The van der Waals surface area contributed by atoms with Crippen LogP contribution in [0, 0.1) is 13.8 Å². The predicted octanol–water partition coefficient (Wildman–Crippen LogP) is 3.27. The molecule has 1 aromatic carbocycles. The summed E-state index contributed by atoms with van der Waals surface area (Å²) in [5, 5.41) is 0.735.